The first kappa shape index (κ1) is 14.7. The molecule has 7 nitrogen and oxygen atoms in total. The quantitative estimate of drug-likeness (QED) is 0.651. The fourth-order valence-electron chi connectivity index (χ4n) is 1.89. The van der Waals surface area contributed by atoms with E-state index in [1.807, 2.05) is 0 Å². The Morgan fingerprint density at radius 1 is 1.60 bits per heavy atom. The summed E-state index contributed by atoms with van der Waals surface area (Å²) in [5, 5.41) is 16.5. The van der Waals surface area contributed by atoms with E-state index in [0.717, 1.165) is 0 Å². The Kier molecular flexibility index (Phi) is 4.53. The molecule has 1 aliphatic rings. The summed E-state index contributed by atoms with van der Waals surface area (Å²) in [7, 11) is 0. The van der Waals surface area contributed by atoms with Crippen molar-refractivity contribution in [3.63, 3.8) is 0 Å². The number of halogens is 1. The van der Waals surface area contributed by atoms with Crippen LogP contribution in [0.5, 0.6) is 0 Å². The van der Waals surface area contributed by atoms with Gasteiger partial charge in [-0.05, 0) is 18.6 Å². The number of benzene rings is 1. The lowest BCUT2D eigenvalue weighted by molar-refractivity contribution is -0.384. The number of aryl methyl sites for hydroxylation is 1. The van der Waals surface area contributed by atoms with E-state index in [4.69, 9.17) is 16.3 Å². The van der Waals surface area contributed by atoms with E-state index in [2.05, 4.69) is 10.6 Å². The van der Waals surface area contributed by atoms with Gasteiger partial charge in [-0.1, -0.05) is 11.6 Å². The molecule has 2 rings (SSSR count). The zero-order chi connectivity index (χ0) is 14.7. The smallest absolute Gasteiger partial charge is 0.288 e. The lowest BCUT2D eigenvalue weighted by atomic mass is 10.1. The summed E-state index contributed by atoms with van der Waals surface area (Å²) in [5.41, 5.74) is 0.852. The highest BCUT2D eigenvalue weighted by molar-refractivity contribution is 6.33. The van der Waals surface area contributed by atoms with Crippen molar-refractivity contribution in [3.8, 4) is 0 Å². The number of carbonyl (C=O) groups excluding carboxylic acids is 1. The maximum absolute atomic E-state index is 12.0. The van der Waals surface area contributed by atoms with Crippen LogP contribution in [0.4, 0.5) is 11.4 Å². The average molecular weight is 300 g/mol. The number of anilines is 1. The Bertz CT molecular complexity index is 544. The first-order chi connectivity index (χ1) is 9.49. The number of nitro groups is 1. The number of morpholine rings is 1. The molecule has 0 spiro atoms. The molecule has 1 fully saturated rings. The van der Waals surface area contributed by atoms with Gasteiger partial charge >= 0.3 is 0 Å². The second-order valence-corrected chi connectivity index (χ2v) is 4.85. The van der Waals surface area contributed by atoms with Crippen LogP contribution in [-0.4, -0.2) is 36.6 Å². The van der Waals surface area contributed by atoms with E-state index in [1.54, 1.807) is 6.92 Å². The maximum Gasteiger partial charge on any atom is 0.288 e. The summed E-state index contributed by atoms with van der Waals surface area (Å²) >= 11 is 5.83. The Balaban J connectivity index is 2.15. The van der Waals surface area contributed by atoms with Crippen LogP contribution in [0.2, 0.25) is 5.02 Å². The predicted molar refractivity (Wildman–Crippen MR) is 74.1 cm³/mol. The molecule has 1 unspecified atom stereocenters. The van der Waals surface area contributed by atoms with E-state index in [-0.39, 0.29) is 16.6 Å². The number of nitro benzene ring substituents is 1. The van der Waals surface area contributed by atoms with Gasteiger partial charge in [0, 0.05) is 18.3 Å². The van der Waals surface area contributed by atoms with Gasteiger partial charge in [-0.2, -0.15) is 0 Å². The van der Waals surface area contributed by atoms with Crippen molar-refractivity contribution in [2.24, 2.45) is 0 Å². The van der Waals surface area contributed by atoms with E-state index in [1.165, 1.54) is 12.1 Å². The zero-order valence-corrected chi connectivity index (χ0v) is 11.6. The van der Waals surface area contributed by atoms with Gasteiger partial charge in [-0.3, -0.25) is 14.9 Å². The molecule has 1 amide bonds. The van der Waals surface area contributed by atoms with Crippen LogP contribution in [0.1, 0.15) is 5.56 Å². The lowest BCUT2D eigenvalue weighted by Gasteiger charge is -2.23. The summed E-state index contributed by atoms with van der Waals surface area (Å²) in [4.78, 5) is 22.2. The van der Waals surface area contributed by atoms with Crippen molar-refractivity contribution < 1.29 is 14.5 Å². The highest BCUT2D eigenvalue weighted by Gasteiger charge is 2.23. The molecule has 1 atom stereocenters. The average Bonchev–Trinajstić information content (AvgIpc) is 2.43. The van der Waals surface area contributed by atoms with Crippen molar-refractivity contribution in [1.29, 1.82) is 0 Å². The van der Waals surface area contributed by atoms with E-state index >= 15 is 0 Å². The summed E-state index contributed by atoms with van der Waals surface area (Å²) < 4.78 is 5.21. The fourth-order valence-corrected chi connectivity index (χ4v) is 2.13. The van der Waals surface area contributed by atoms with Crippen LogP contribution in [0.15, 0.2) is 12.1 Å². The summed E-state index contributed by atoms with van der Waals surface area (Å²) in [6, 6.07) is 2.29. The Morgan fingerprint density at radius 3 is 2.95 bits per heavy atom. The Labute approximate surface area is 120 Å². The third-order valence-electron chi connectivity index (χ3n) is 2.99. The van der Waals surface area contributed by atoms with Crippen LogP contribution >= 0.6 is 11.6 Å². The molecule has 2 N–H and O–H groups in total. The van der Waals surface area contributed by atoms with Crippen LogP contribution in [-0.2, 0) is 9.53 Å². The third-order valence-corrected chi connectivity index (χ3v) is 3.29. The monoisotopic (exact) mass is 299 g/mol. The van der Waals surface area contributed by atoms with Gasteiger partial charge in [0.2, 0.25) is 5.91 Å². The molecule has 1 aromatic carbocycles. The summed E-state index contributed by atoms with van der Waals surface area (Å²) in [6.45, 7) is 3.15. The summed E-state index contributed by atoms with van der Waals surface area (Å²) in [5.74, 6) is -0.252. The number of rotatable bonds is 3. The molecule has 108 valence electrons. The minimum absolute atomic E-state index is 0.0104. The topological polar surface area (TPSA) is 93.5 Å². The number of nitrogens with one attached hydrogen (secondary N) is 2. The number of carbonyl (C=O) groups is 1. The molecule has 1 aliphatic heterocycles. The minimum Gasteiger partial charge on any atom is -0.378 e. The highest BCUT2D eigenvalue weighted by atomic mass is 35.5. The number of hydrogen-bond acceptors (Lipinski definition) is 5. The van der Waals surface area contributed by atoms with Gasteiger partial charge in [0.05, 0.1) is 18.1 Å². The molecule has 0 bridgehead atoms. The number of nitrogens with zero attached hydrogens (tertiary/aromatic N) is 1. The number of hydrogen-bond donors (Lipinski definition) is 2. The first-order valence-corrected chi connectivity index (χ1v) is 6.43. The molecule has 0 radical (unpaired) electrons. The molecular formula is C12H14ClN3O4. The molecule has 0 aliphatic carbocycles. The van der Waals surface area contributed by atoms with Gasteiger partial charge in [0.15, 0.2) is 0 Å². The predicted octanol–water partition coefficient (Wildman–Crippen LogP) is 1.48. The van der Waals surface area contributed by atoms with Crippen molar-refractivity contribution in [2.75, 3.05) is 25.1 Å². The molecule has 1 aromatic rings. The molecule has 0 saturated carbocycles. The molecular weight excluding hydrogens is 286 g/mol. The van der Waals surface area contributed by atoms with Crippen LogP contribution in [0.25, 0.3) is 0 Å². The molecule has 1 heterocycles. The van der Waals surface area contributed by atoms with Crippen molar-refractivity contribution in [3.05, 3.63) is 32.8 Å². The Morgan fingerprint density at radius 2 is 2.35 bits per heavy atom. The number of amides is 1. The van der Waals surface area contributed by atoms with E-state index < -0.39 is 11.0 Å². The van der Waals surface area contributed by atoms with Crippen molar-refractivity contribution in [2.45, 2.75) is 13.0 Å². The van der Waals surface area contributed by atoms with Gasteiger partial charge in [0.1, 0.15) is 11.1 Å². The first-order valence-electron chi connectivity index (χ1n) is 6.05. The standard InChI is InChI=1S/C12H14ClN3O4/c1-7-4-11(16(18)19)8(13)5-9(7)15-12(17)10-6-20-3-2-14-10/h4-5,10,14H,2-3,6H2,1H3,(H,15,17). The number of ether oxygens (including phenoxy) is 1. The van der Waals surface area contributed by atoms with Crippen LogP contribution in [0, 0.1) is 17.0 Å². The highest BCUT2D eigenvalue weighted by Crippen LogP contribution is 2.30. The van der Waals surface area contributed by atoms with E-state index in [9.17, 15) is 14.9 Å². The molecule has 8 heteroatoms. The third kappa shape index (κ3) is 3.24. The van der Waals surface area contributed by atoms with E-state index in [0.29, 0.717) is 31.0 Å². The van der Waals surface area contributed by atoms with Gasteiger partial charge < -0.3 is 15.4 Å². The SMILES string of the molecule is Cc1cc([N+](=O)[O-])c(Cl)cc1NC(=O)C1COCCN1. The molecule has 1 saturated heterocycles. The van der Waals surface area contributed by atoms with Crippen LogP contribution in [0.3, 0.4) is 0 Å². The fraction of sp³-hybridized carbons (Fsp3) is 0.417. The second-order valence-electron chi connectivity index (χ2n) is 4.45. The largest absolute Gasteiger partial charge is 0.378 e. The normalized spacial score (nSPS) is 18.6. The Hall–Kier alpha value is -1.70. The maximum atomic E-state index is 12.0. The molecule has 20 heavy (non-hydrogen) atoms. The van der Waals surface area contributed by atoms with Crippen LogP contribution < -0.4 is 10.6 Å². The summed E-state index contributed by atoms with van der Waals surface area (Å²) in [6.07, 6.45) is 0. The van der Waals surface area contributed by atoms with Crippen molar-refractivity contribution >= 4 is 28.9 Å². The molecule has 0 aromatic heterocycles. The minimum atomic E-state index is -0.558. The lowest BCUT2D eigenvalue weighted by Crippen LogP contribution is -2.48. The van der Waals surface area contributed by atoms with Crippen molar-refractivity contribution in [1.82, 2.24) is 5.32 Å². The zero-order valence-electron chi connectivity index (χ0n) is 10.8. The van der Waals surface area contributed by atoms with Gasteiger partial charge in [-0.15, -0.1) is 0 Å². The van der Waals surface area contributed by atoms with Gasteiger partial charge in [0.25, 0.3) is 5.69 Å². The second kappa shape index (κ2) is 6.17. The van der Waals surface area contributed by atoms with Gasteiger partial charge in [-0.25, -0.2) is 0 Å².